The summed E-state index contributed by atoms with van der Waals surface area (Å²) in [5, 5.41) is 3.01. The quantitative estimate of drug-likeness (QED) is 0.715. The highest BCUT2D eigenvalue weighted by Gasteiger charge is 2.28. The lowest BCUT2D eigenvalue weighted by atomic mass is 10.0. The summed E-state index contributed by atoms with van der Waals surface area (Å²) in [6, 6.07) is 16.4. The molecule has 2 aromatic rings. The van der Waals surface area contributed by atoms with Gasteiger partial charge in [-0.25, -0.2) is 4.79 Å². The first-order chi connectivity index (χ1) is 13.7. The van der Waals surface area contributed by atoms with Crippen LogP contribution in [0.15, 0.2) is 54.6 Å². The first-order valence-electron chi connectivity index (χ1n) is 9.64. The zero-order valence-corrected chi connectivity index (χ0v) is 16.9. The summed E-state index contributed by atoms with van der Waals surface area (Å²) in [6.45, 7) is 4.14. The number of carbonyl (C=O) groups excluding carboxylic acids is 2. The summed E-state index contributed by atoms with van der Waals surface area (Å²) >= 11 is 1.92. The van der Waals surface area contributed by atoms with E-state index in [2.05, 4.69) is 10.2 Å². The number of amides is 1. The minimum Gasteiger partial charge on any atom is -0.462 e. The number of thioether (sulfide) groups is 1. The van der Waals surface area contributed by atoms with Gasteiger partial charge >= 0.3 is 5.97 Å². The van der Waals surface area contributed by atoms with Crippen LogP contribution in [0, 0.1) is 0 Å². The van der Waals surface area contributed by atoms with Crippen LogP contribution in [0.2, 0.25) is 0 Å². The summed E-state index contributed by atoms with van der Waals surface area (Å²) in [5.41, 5.74) is 2.15. The van der Waals surface area contributed by atoms with E-state index < -0.39 is 0 Å². The molecule has 1 aliphatic heterocycles. The summed E-state index contributed by atoms with van der Waals surface area (Å²) < 4.78 is 5.14. The van der Waals surface area contributed by atoms with Gasteiger partial charge in [0.25, 0.3) is 0 Å². The lowest BCUT2D eigenvalue weighted by Gasteiger charge is -2.33. The van der Waals surface area contributed by atoms with E-state index in [0.29, 0.717) is 17.9 Å². The summed E-state index contributed by atoms with van der Waals surface area (Å²) in [7, 11) is 0. The van der Waals surface area contributed by atoms with Gasteiger partial charge in [-0.05, 0) is 36.2 Å². The van der Waals surface area contributed by atoms with E-state index in [1.54, 1.807) is 24.3 Å². The Hall–Kier alpha value is -2.31. The monoisotopic (exact) mass is 398 g/mol. The van der Waals surface area contributed by atoms with Crippen molar-refractivity contribution in [3.63, 3.8) is 0 Å². The second-order valence-electron chi connectivity index (χ2n) is 6.66. The van der Waals surface area contributed by atoms with Gasteiger partial charge in [-0.2, -0.15) is 11.8 Å². The van der Waals surface area contributed by atoms with Crippen LogP contribution in [0.5, 0.6) is 0 Å². The Morgan fingerprint density at radius 1 is 1.07 bits per heavy atom. The van der Waals surface area contributed by atoms with E-state index in [1.807, 2.05) is 49.0 Å². The molecule has 1 amide bonds. The minimum atomic E-state index is -0.340. The van der Waals surface area contributed by atoms with Crippen molar-refractivity contribution >= 4 is 29.3 Å². The lowest BCUT2D eigenvalue weighted by molar-refractivity contribution is -0.121. The molecule has 3 rings (SSSR count). The van der Waals surface area contributed by atoms with Gasteiger partial charge in [0.15, 0.2) is 0 Å². The number of benzene rings is 2. The molecule has 0 bridgehead atoms. The maximum atomic E-state index is 13.1. The Morgan fingerprint density at radius 3 is 2.39 bits per heavy atom. The zero-order valence-electron chi connectivity index (χ0n) is 16.1. The predicted molar refractivity (Wildman–Crippen MR) is 114 cm³/mol. The van der Waals surface area contributed by atoms with Crippen LogP contribution in [0.3, 0.4) is 0 Å². The standard InChI is InChI=1S/C22H26N2O3S/c1-2-14-27-22(26)18-8-10-19(11-9-18)23-21(25)20(17-6-4-3-5-7-17)24-12-15-28-16-13-24/h3-11,20H,2,12-16H2,1H3,(H,23,25)/t20-/m1/s1. The molecule has 1 aliphatic rings. The highest BCUT2D eigenvalue weighted by atomic mass is 32.2. The molecular formula is C22H26N2O3S. The third kappa shape index (κ3) is 5.36. The molecule has 0 saturated carbocycles. The van der Waals surface area contributed by atoms with Gasteiger partial charge in [0.1, 0.15) is 6.04 Å². The number of carbonyl (C=O) groups is 2. The van der Waals surface area contributed by atoms with E-state index >= 15 is 0 Å². The van der Waals surface area contributed by atoms with Crippen molar-refractivity contribution in [2.24, 2.45) is 0 Å². The number of rotatable bonds is 7. The number of anilines is 1. The fourth-order valence-electron chi connectivity index (χ4n) is 3.18. The predicted octanol–water partition coefficient (Wildman–Crippen LogP) is 3.98. The van der Waals surface area contributed by atoms with Crippen LogP contribution >= 0.6 is 11.8 Å². The van der Waals surface area contributed by atoms with Crippen molar-refractivity contribution in [1.29, 1.82) is 0 Å². The first kappa shape index (κ1) is 20.4. The number of ether oxygens (including phenoxy) is 1. The molecule has 28 heavy (non-hydrogen) atoms. The molecule has 6 heteroatoms. The number of esters is 1. The van der Waals surface area contributed by atoms with Crippen molar-refractivity contribution in [1.82, 2.24) is 4.90 Å². The van der Waals surface area contributed by atoms with Gasteiger partial charge in [-0.1, -0.05) is 37.3 Å². The van der Waals surface area contributed by atoms with Gasteiger partial charge in [0.05, 0.1) is 12.2 Å². The number of nitrogens with zero attached hydrogens (tertiary/aromatic N) is 1. The lowest BCUT2D eigenvalue weighted by Crippen LogP contribution is -2.41. The van der Waals surface area contributed by atoms with Gasteiger partial charge < -0.3 is 10.1 Å². The number of hydrogen-bond donors (Lipinski definition) is 1. The Bertz CT molecular complexity index is 774. The average Bonchev–Trinajstić information content (AvgIpc) is 2.74. The molecule has 0 spiro atoms. The van der Waals surface area contributed by atoms with E-state index in [9.17, 15) is 9.59 Å². The topological polar surface area (TPSA) is 58.6 Å². The van der Waals surface area contributed by atoms with Crippen LogP contribution in [0.1, 0.15) is 35.3 Å². The Kier molecular flexibility index (Phi) is 7.51. The zero-order chi connectivity index (χ0) is 19.8. The van der Waals surface area contributed by atoms with E-state index in [-0.39, 0.29) is 17.9 Å². The molecule has 5 nitrogen and oxygen atoms in total. The van der Waals surface area contributed by atoms with Crippen LogP contribution in [0.4, 0.5) is 5.69 Å². The third-order valence-electron chi connectivity index (χ3n) is 4.60. The molecular weight excluding hydrogens is 372 g/mol. The van der Waals surface area contributed by atoms with Gasteiger partial charge in [-0.3, -0.25) is 9.69 Å². The fourth-order valence-corrected chi connectivity index (χ4v) is 4.11. The molecule has 148 valence electrons. The molecule has 1 heterocycles. The molecule has 1 N–H and O–H groups in total. The summed E-state index contributed by atoms with van der Waals surface area (Å²) in [5.74, 6) is 1.67. The molecule has 1 saturated heterocycles. The van der Waals surface area contributed by atoms with Crippen LogP contribution in [-0.4, -0.2) is 48.0 Å². The second kappa shape index (κ2) is 10.3. The summed E-state index contributed by atoms with van der Waals surface area (Å²) in [4.78, 5) is 27.3. The highest BCUT2D eigenvalue weighted by molar-refractivity contribution is 7.99. The molecule has 0 radical (unpaired) electrons. The maximum Gasteiger partial charge on any atom is 0.338 e. The van der Waals surface area contributed by atoms with Gasteiger partial charge in [0, 0.05) is 30.3 Å². The second-order valence-corrected chi connectivity index (χ2v) is 7.89. The fraction of sp³-hybridized carbons (Fsp3) is 0.364. The molecule has 2 aromatic carbocycles. The molecule has 0 unspecified atom stereocenters. The Morgan fingerprint density at radius 2 is 1.75 bits per heavy atom. The van der Waals surface area contributed by atoms with Crippen molar-refractivity contribution < 1.29 is 14.3 Å². The normalized spacial score (nSPS) is 15.6. The third-order valence-corrected chi connectivity index (χ3v) is 5.54. The van der Waals surface area contributed by atoms with E-state index in [1.165, 1.54) is 0 Å². The highest BCUT2D eigenvalue weighted by Crippen LogP contribution is 2.26. The SMILES string of the molecule is CCCOC(=O)c1ccc(NC(=O)[C@@H](c2ccccc2)N2CCSCC2)cc1. The molecule has 0 aliphatic carbocycles. The Labute approximate surface area is 170 Å². The number of nitrogens with one attached hydrogen (secondary N) is 1. The van der Waals surface area contributed by atoms with Crippen molar-refractivity contribution in [3.05, 3.63) is 65.7 Å². The van der Waals surface area contributed by atoms with E-state index in [0.717, 1.165) is 36.6 Å². The summed E-state index contributed by atoms with van der Waals surface area (Å²) in [6.07, 6.45) is 0.787. The van der Waals surface area contributed by atoms with E-state index in [4.69, 9.17) is 4.74 Å². The van der Waals surface area contributed by atoms with Gasteiger partial charge in [0.2, 0.25) is 5.91 Å². The largest absolute Gasteiger partial charge is 0.462 e. The van der Waals surface area contributed by atoms with Crippen LogP contribution < -0.4 is 5.32 Å². The molecule has 1 atom stereocenters. The molecule has 1 fully saturated rings. The van der Waals surface area contributed by atoms with Crippen molar-refractivity contribution in [3.8, 4) is 0 Å². The Balaban J connectivity index is 1.72. The van der Waals surface area contributed by atoms with Crippen molar-refractivity contribution in [2.45, 2.75) is 19.4 Å². The average molecular weight is 399 g/mol. The van der Waals surface area contributed by atoms with Gasteiger partial charge in [-0.15, -0.1) is 0 Å². The number of hydrogen-bond acceptors (Lipinski definition) is 5. The maximum absolute atomic E-state index is 13.1. The van der Waals surface area contributed by atoms with Crippen LogP contribution in [0.25, 0.3) is 0 Å². The smallest absolute Gasteiger partial charge is 0.338 e. The molecule has 0 aromatic heterocycles. The first-order valence-corrected chi connectivity index (χ1v) is 10.8. The minimum absolute atomic E-state index is 0.0561. The van der Waals surface area contributed by atoms with Crippen molar-refractivity contribution in [2.75, 3.05) is 36.5 Å². The van der Waals surface area contributed by atoms with Crippen LogP contribution in [-0.2, 0) is 9.53 Å².